The predicted octanol–water partition coefficient (Wildman–Crippen LogP) is 5.02. The number of ether oxygens (including phenoxy) is 2. The molecule has 0 fully saturated rings. The zero-order chi connectivity index (χ0) is 22.7. The SMILES string of the molecule is COc1ccc(C(=O)c2coc3ccc(O)c(CN(C)Cc4ccccc4)c23)cc1OC. The van der Waals surface area contributed by atoms with Crippen LogP contribution in [0, 0.1) is 0 Å². The summed E-state index contributed by atoms with van der Waals surface area (Å²) in [5.74, 6) is 0.918. The Morgan fingerprint density at radius 2 is 1.72 bits per heavy atom. The fourth-order valence-electron chi connectivity index (χ4n) is 3.87. The number of rotatable bonds is 8. The number of nitrogens with zero attached hydrogens (tertiary/aromatic N) is 1. The van der Waals surface area contributed by atoms with Crippen LogP contribution in [-0.2, 0) is 13.1 Å². The third-order valence-electron chi connectivity index (χ3n) is 5.44. The molecule has 1 N–H and O–H groups in total. The lowest BCUT2D eigenvalue weighted by Gasteiger charge is -2.18. The van der Waals surface area contributed by atoms with Crippen molar-refractivity contribution in [3.63, 3.8) is 0 Å². The zero-order valence-corrected chi connectivity index (χ0v) is 18.3. The van der Waals surface area contributed by atoms with Crippen LogP contribution in [0.15, 0.2) is 71.3 Å². The maximum Gasteiger partial charge on any atom is 0.197 e. The smallest absolute Gasteiger partial charge is 0.197 e. The average molecular weight is 431 g/mol. The van der Waals surface area contributed by atoms with Crippen LogP contribution in [0.4, 0.5) is 0 Å². The van der Waals surface area contributed by atoms with Crippen LogP contribution < -0.4 is 9.47 Å². The predicted molar refractivity (Wildman–Crippen MR) is 122 cm³/mol. The number of hydrogen-bond donors (Lipinski definition) is 1. The minimum absolute atomic E-state index is 0.125. The second kappa shape index (κ2) is 9.16. The summed E-state index contributed by atoms with van der Waals surface area (Å²) in [6, 6.07) is 18.4. The van der Waals surface area contributed by atoms with Gasteiger partial charge in [-0.15, -0.1) is 0 Å². The molecule has 4 rings (SSSR count). The summed E-state index contributed by atoms with van der Waals surface area (Å²) < 4.78 is 16.3. The molecule has 0 saturated heterocycles. The Balaban J connectivity index is 1.71. The first-order valence-corrected chi connectivity index (χ1v) is 10.2. The number of furan rings is 1. The van der Waals surface area contributed by atoms with Crippen molar-refractivity contribution in [2.75, 3.05) is 21.3 Å². The molecule has 0 aliphatic heterocycles. The van der Waals surface area contributed by atoms with Gasteiger partial charge in [-0.3, -0.25) is 9.69 Å². The summed E-state index contributed by atoms with van der Waals surface area (Å²) in [5.41, 5.74) is 3.20. The Morgan fingerprint density at radius 1 is 0.969 bits per heavy atom. The quantitative estimate of drug-likeness (QED) is 0.395. The highest BCUT2D eigenvalue weighted by molar-refractivity contribution is 6.17. The molecule has 0 aliphatic rings. The van der Waals surface area contributed by atoms with Gasteiger partial charge < -0.3 is 19.0 Å². The van der Waals surface area contributed by atoms with Gasteiger partial charge in [-0.1, -0.05) is 30.3 Å². The lowest BCUT2D eigenvalue weighted by Crippen LogP contribution is -2.17. The summed E-state index contributed by atoms with van der Waals surface area (Å²) in [5, 5.41) is 11.3. The van der Waals surface area contributed by atoms with Gasteiger partial charge in [-0.25, -0.2) is 0 Å². The Kier molecular flexibility index (Phi) is 6.14. The number of carbonyl (C=O) groups excluding carboxylic acids is 1. The number of ketones is 1. The van der Waals surface area contributed by atoms with Gasteiger partial charge in [-0.2, -0.15) is 0 Å². The van der Waals surface area contributed by atoms with Gasteiger partial charge in [0.05, 0.1) is 19.8 Å². The third-order valence-corrected chi connectivity index (χ3v) is 5.44. The molecule has 0 saturated carbocycles. The zero-order valence-electron chi connectivity index (χ0n) is 18.3. The normalized spacial score (nSPS) is 11.1. The van der Waals surface area contributed by atoms with Crippen molar-refractivity contribution in [2.24, 2.45) is 0 Å². The molecule has 3 aromatic carbocycles. The summed E-state index contributed by atoms with van der Waals surface area (Å²) in [4.78, 5) is 15.5. The van der Waals surface area contributed by atoms with E-state index in [2.05, 4.69) is 17.0 Å². The molecule has 6 heteroatoms. The second-order valence-electron chi connectivity index (χ2n) is 7.64. The molecule has 0 aliphatic carbocycles. The molecule has 0 bridgehead atoms. The van der Waals surface area contributed by atoms with E-state index in [1.165, 1.54) is 13.4 Å². The van der Waals surface area contributed by atoms with Crippen LogP contribution in [0.2, 0.25) is 0 Å². The molecule has 0 amide bonds. The summed E-state index contributed by atoms with van der Waals surface area (Å²) in [6.07, 6.45) is 1.45. The van der Waals surface area contributed by atoms with Gasteiger partial charge in [0.25, 0.3) is 0 Å². The minimum atomic E-state index is -0.220. The molecule has 0 atom stereocenters. The van der Waals surface area contributed by atoms with Crippen molar-refractivity contribution in [2.45, 2.75) is 13.1 Å². The van der Waals surface area contributed by atoms with E-state index in [1.807, 2.05) is 25.2 Å². The lowest BCUT2D eigenvalue weighted by molar-refractivity contribution is 0.103. The van der Waals surface area contributed by atoms with Crippen LogP contribution in [0.1, 0.15) is 27.0 Å². The number of phenolic OH excluding ortho intramolecular Hbond substituents is 1. The first-order valence-electron chi connectivity index (χ1n) is 10.2. The number of phenols is 1. The number of hydrogen-bond acceptors (Lipinski definition) is 6. The van der Waals surface area contributed by atoms with Gasteiger partial charge in [0, 0.05) is 29.6 Å². The van der Waals surface area contributed by atoms with E-state index >= 15 is 0 Å². The van der Waals surface area contributed by atoms with Crippen molar-refractivity contribution in [3.05, 3.63) is 89.2 Å². The average Bonchev–Trinajstić information content (AvgIpc) is 3.25. The molecule has 4 aromatic rings. The van der Waals surface area contributed by atoms with Crippen molar-refractivity contribution in [3.8, 4) is 17.2 Å². The largest absolute Gasteiger partial charge is 0.508 e. The highest BCUT2D eigenvalue weighted by Gasteiger charge is 2.22. The van der Waals surface area contributed by atoms with E-state index < -0.39 is 0 Å². The standard InChI is InChI=1S/C26H25NO5/c1-27(14-17-7-5-4-6-8-17)15-19-21(28)10-12-23-25(19)20(16-32-23)26(29)18-9-11-22(30-2)24(13-18)31-3/h4-13,16,28H,14-15H2,1-3H3. The van der Waals surface area contributed by atoms with Crippen LogP contribution in [0.3, 0.4) is 0 Å². The van der Waals surface area contributed by atoms with Gasteiger partial charge in [0.2, 0.25) is 0 Å². The molecule has 1 aromatic heterocycles. The monoisotopic (exact) mass is 431 g/mol. The molecule has 164 valence electrons. The van der Waals surface area contributed by atoms with Crippen LogP contribution in [0.5, 0.6) is 17.2 Å². The number of fused-ring (bicyclic) bond motifs is 1. The molecule has 32 heavy (non-hydrogen) atoms. The molecular weight excluding hydrogens is 406 g/mol. The van der Waals surface area contributed by atoms with E-state index in [-0.39, 0.29) is 11.5 Å². The maximum atomic E-state index is 13.4. The molecule has 6 nitrogen and oxygen atoms in total. The van der Waals surface area contributed by atoms with E-state index in [0.29, 0.717) is 52.2 Å². The van der Waals surface area contributed by atoms with E-state index in [0.717, 1.165) is 5.56 Å². The summed E-state index contributed by atoms with van der Waals surface area (Å²) in [6.45, 7) is 1.15. The van der Waals surface area contributed by atoms with Gasteiger partial charge in [0.15, 0.2) is 17.3 Å². The lowest BCUT2D eigenvalue weighted by atomic mass is 9.98. The summed E-state index contributed by atoms with van der Waals surface area (Å²) >= 11 is 0. The number of benzene rings is 3. The van der Waals surface area contributed by atoms with E-state index in [1.54, 1.807) is 37.4 Å². The Labute approximate surface area is 186 Å². The Hall–Kier alpha value is -3.77. The van der Waals surface area contributed by atoms with Crippen LogP contribution >= 0.6 is 0 Å². The van der Waals surface area contributed by atoms with Crippen molar-refractivity contribution in [1.29, 1.82) is 0 Å². The van der Waals surface area contributed by atoms with Crippen LogP contribution in [0.25, 0.3) is 11.0 Å². The molecule has 0 unspecified atom stereocenters. The topological polar surface area (TPSA) is 72.1 Å². The Bertz CT molecular complexity index is 1250. The second-order valence-corrected chi connectivity index (χ2v) is 7.64. The highest BCUT2D eigenvalue weighted by Crippen LogP contribution is 2.35. The van der Waals surface area contributed by atoms with Crippen molar-refractivity contribution < 1.29 is 23.8 Å². The van der Waals surface area contributed by atoms with E-state index in [9.17, 15) is 9.90 Å². The highest BCUT2D eigenvalue weighted by atomic mass is 16.5. The van der Waals surface area contributed by atoms with Gasteiger partial charge >= 0.3 is 0 Å². The molecule has 0 spiro atoms. The van der Waals surface area contributed by atoms with E-state index in [4.69, 9.17) is 13.9 Å². The number of methoxy groups -OCH3 is 2. The molecule has 1 heterocycles. The fourth-order valence-corrected chi connectivity index (χ4v) is 3.87. The fraction of sp³-hybridized carbons (Fsp3) is 0.192. The third kappa shape index (κ3) is 4.18. The Morgan fingerprint density at radius 3 is 2.44 bits per heavy atom. The minimum Gasteiger partial charge on any atom is -0.508 e. The van der Waals surface area contributed by atoms with Crippen molar-refractivity contribution in [1.82, 2.24) is 4.90 Å². The van der Waals surface area contributed by atoms with Crippen LogP contribution in [-0.4, -0.2) is 37.1 Å². The van der Waals surface area contributed by atoms with Gasteiger partial charge in [0.1, 0.15) is 17.6 Å². The molecular formula is C26H25NO5. The first kappa shape index (κ1) is 21.5. The number of carbonyl (C=O) groups is 1. The molecule has 0 radical (unpaired) electrons. The first-order chi connectivity index (χ1) is 15.5. The van der Waals surface area contributed by atoms with Crippen molar-refractivity contribution >= 4 is 16.8 Å². The summed E-state index contributed by atoms with van der Waals surface area (Å²) in [7, 11) is 5.04. The maximum absolute atomic E-state index is 13.4. The van der Waals surface area contributed by atoms with Gasteiger partial charge in [-0.05, 0) is 42.9 Å². The number of aromatic hydroxyl groups is 1.